The predicted molar refractivity (Wildman–Crippen MR) is 117 cm³/mol. The van der Waals surface area contributed by atoms with Crippen LogP contribution in [0.25, 0.3) is 0 Å². The van der Waals surface area contributed by atoms with Gasteiger partial charge in [0.15, 0.2) is 5.69 Å². The standard InChI is InChI=1S/C22H19F3N6O5/c23-22(24,25)16-5-4-14(10-27-16)28-20(33)18-15(11-31(30-18)17-3-1-2-6-36-17)29-19(32)12-7-13(21(34)35)9-26-8-12/h4-5,7-11,17H,1-3,6H2,(H,28,33)(H,29,32)(H,34,35). The zero-order chi connectivity index (χ0) is 25.9. The van der Waals surface area contributed by atoms with E-state index in [4.69, 9.17) is 9.84 Å². The Labute approximate surface area is 201 Å². The highest BCUT2D eigenvalue weighted by atomic mass is 19.4. The van der Waals surface area contributed by atoms with Crippen molar-refractivity contribution >= 4 is 29.2 Å². The van der Waals surface area contributed by atoms with Crippen molar-refractivity contribution in [2.75, 3.05) is 17.2 Å². The highest BCUT2D eigenvalue weighted by Crippen LogP contribution is 2.29. The third-order valence-corrected chi connectivity index (χ3v) is 5.21. The number of halogens is 3. The van der Waals surface area contributed by atoms with E-state index >= 15 is 0 Å². The number of pyridine rings is 2. The summed E-state index contributed by atoms with van der Waals surface area (Å²) in [6.07, 6.45) is 1.70. The van der Waals surface area contributed by atoms with Gasteiger partial charge in [0, 0.05) is 19.0 Å². The molecular formula is C22H19F3N6O5. The van der Waals surface area contributed by atoms with Gasteiger partial charge in [-0.1, -0.05) is 0 Å². The number of hydrogen-bond donors (Lipinski definition) is 3. The lowest BCUT2D eigenvalue weighted by atomic mass is 10.2. The molecule has 4 rings (SSSR count). The van der Waals surface area contributed by atoms with Gasteiger partial charge in [0.25, 0.3) is 11.8 Å². The molecule has 0 radical (unpaired) electrons. The maximum atomic E-state index is 13.0. The van der Waals surface area contributed by atoms with Gasteiger partial charge < -0.3 is 20.5 Å². The summed E-state index contributed by atoms with van der Waals surface area (Å²) in [7, 11) is 0. The summed E-state index contributed by atoms with van der Waals surface area (Å²) < 4.78 is 45.3. The molecule has 188 valence electrons. The molecule has 1 atom stereocenters. The van der Waals surface area contributed by atoms with Crippen LogP contribution >= 0.6 is 0 Å². The second-order valence-electron chi connectivity index (χ2n) is 7.80. The monoisotopic (exact) mass is 504 g/mol. The number of aromatic nitrogens is 4. The van der Waals surface area contributed by atoms with Crippen molar-refractivity contribution < 1.29 is 37.4 Å². The fourth-order valence-electron chi connectivity index (χ4n) is 3.43. The number of aromatic carboxylic acids is 1. The van der Waals surface area contributed by atoms with E-state index in [2.05, 4.69) is 25.7 Å². The Kier molecular flexibility index (Phi) is 6.96. The molecule has 36 heavy (non-hydrogen) atoms. The minimum atomic E-state index is -4.63. The fourth-order valence-corrected chi connectivity index (χ4v) is 3.43. The Morgan fingerprint density at radius 1 is 1.06 bits per heavy atom. The first-order valence-corrected chi connectivity index (χ1v) is 10.7. The van der Waals surface area contributed by atoms with E-state index in [0.29, 0.717) is 13.0 Å². The number of alkyl halides is 3. The number of carboxylic acids is 1. The molecular weight excluding hydrogens is 485 g/mol. The van der Waals surface area contributed by atoms with E-state index in [1.54, 1.807) is 0 Å². The molecule has 2 amide bonds. The van der Waals surface area contributed by atoms with Crippen LogP contribution in [0.3, 0.4) is 0 Å². The summed E-state index contributed by atoms with van der Waals surface area (Å²) in [5, 5.41) is 18.3. The molecule has 1 aliphatic heterocycles. The minimum Gasteiger partial charge on any atom is -0.478 e. The van der Waals surface area contributed by atoms with Gasteiger partial charge in [-0.3, -0.25) is 14.6 Å². The molecule has 0 bridgehead atoms. The largest absolute Gasteiger partial charge is 0.478 e. The van der Waals surface area contributed by atoms with Crippen LogP contribution in [0, 0.1) is 0 Å². The van der Waals surface area contributed by atoms with E-state index < -0.39 is 35.9 Å². The van der Waals surface area contributed by atoms with Crippen molar-refractivity contribution in [2.45, 2.75) is 31.7 Å². The zero-order valence-electron chi connectivity index (χ0n) is 18.5. The molecule has 0 spiro atoms. The molecule has 1 aliphatic rings. The number of amides is 2. The number of hydrogen-bond acceptors (Lipinski definition) is 7. The van der Waals surface area contributed by atoms with Gasteiger partial charge in [-0.2, -0.15) is 18.3 Å². The maximum absolute atomic E-state index is 13.0. The number of nitrogens with one attached hydrogen (secondary N) is 2. The van der Waals surface area contributed by atoms with Crippen molar-refractivity contribution in [2.24, 2.45) is 0 Å². The van der Waals surface area contributed by atoms with Crippen LogP contribution in [-0.2, 0) is 10.9 Å². The van der Waals surface area contributed by atoms with Gasteiger partial charge in [-0.15, -0.1) is 0 Å². The molecule has 0 aromatic carbocycles. The number of carbonyl (C=O) groups excluding carboxylic acids is 2. The van der Waals surface area contributed by atoms with Gasteiger partial charge >= 0.3 is 12.1 Å². The first-order valence-electron chi connectivity index (χ1n) is 10.7. The molecule has 14 heteroatoms. The van der Waals surface area contributed by atoms with Gasteiger partial charge in [0.2, 0.25) is 0 Å². The number of carbonyl (C=O) groups is 3. The van der Waals surface area contributed by atoms with Crippen molar-refractivity contribution in [1.82, 2.24) is 19.7 Å². The van der Waals surface area contributed by atoms with Crippen LogP contribution in [0.5, 0.6) is 0 Å². The van der Waals surface area contributed by atoms with E-state index in [0.717, 1.165) is 49.6 Å². The Morgan fingerprint density at radius 3 is 2.47 bits per heavy atom. The lowest BCUT2D eigenvalue weighted by Gasteiger charge is -2.22. The molecule has 1 saturated heterocycles. The molecule has 4 heterocycles. The minimum absolute atomic E-state index is 0.0210. The maximum Gasteiger partial charge on any atom is 0.433 e. The molecule has 1 fully saturated rings. The van der Waals surface area contributed by atoms with E-state index in [1.165, 1.54) is 10.9 Å². The summed E-state index contributed by atoms with van der Waals surface area (Å²) in [5.74, 6) is -2.84. The lowest BCUT2D eigenvalue weighted by Crippen LogP contribution is -2.20. The molecule has 11 nitrogen and oxygen atoms in total. The van der Waals surface area contributed by atoms with Crippen LogP contribution < -0.4 is 10.6 Å². The van der Waals surface area contributed by atoms with Gasteiger partial charge in [-0.25, -0.2) is 14.5 Å². The smallest absolute Gasteiger partial charge is 0.433 e. The van der Waals surface area contributed by atoms with Gasteiger partial charge in [0.05, 0.1) is 34.9 Å². The molecule has 0 aliphatic carbocycles. The number of carboxylic acid groups (broad SMARTS) is 1. The fraction of sp³-hybridized carbons (Fsp3) is 0.273. The van der Waals surface area contributed by atoms with Crippen molar-refractivity contribution in [1.29, 1.82) is 0 Å². The number of ether oxygens (including phenoxy) is 1. The molecule has 3 aromatic rings. The van der Waals surface area contributed by atoms with E-state index in [-0.39, 0.29) is 28.2 Å². The van der Waals surface area contributed by atoms with E-state index in [9.17, 15) is 27.6 Å². The SMILES string of the molecule is O=C(O)c1cncc(C(=O)Nc2cn(C3CCCCO3)nc2C(=O)Nc2ccc(C(F)(F)F)nc2)c1. The van der Waals surface area contributed by atoms with Gasteiger partial charge in [-0.05, 0) is 37.5 Å². The van der Waals surface area contributed by atoms with Gasteiger partial charge in [0.1, 0.15) is 11.9 Å². The van der Waals surface area contributed by atoms with Crippen LogP contribution in [0.2, 0.25) is 0 Å². The summed E-state index contributed by atoms with van der Waals surface area (Å²) in [6, 6.07) is 2.87. The average Bonchev–Trinajstić information content (AvgIpc) is 3.28. The van der Waals surface area contributed by atoms with Crippen LogP contribution in [-0.4, -0.2) is 49.2 Å². The number of rotatable bonds is 6. The highest BCUT2D eigenvalue weighted by molar-refractivity contribution is 6.11. The first kappa shape index (κ1) is 24.8. The molecule has 1 unspecified atom stereocenters. The predicted octanol–water partition coefficient (Wildman–Crippen LogP) is 3.59. The third kappa shape index (κ3) is 5.66. The van der Waals surface area contributed by atoms with Crippen LogP contribution in [0.1, 0.15) is 62.4 Å². The van der Waals surface area contributed by atoms with E-state index in [1.807, 2.05) is 0 Å². The average molecular weight is 504 g/mol. The summed E-state index contributed by atoms with van der Waals surface area (Å²) in [4.78, 5) is 44.0. The topological polar surface area (TPSA) is 148 Å². The molecule has 3 N–H and O–H groups in total. The number of anilines is 2. The number of nitrogens with zero attached hydrogens (tertiary/aromatic N) is 4. The summed E-state index contributed by atoms with van der Waals surface area (Å²) in [5.41, 5.74) is -1.68. The summed E-state index contributed by atoms with van der Waals surface area (Å²) >= 11 is 0. The Hall–Kier alpha value is -4.33. The quantitative estimate of drug-likeness (QED) is 0.461. The Balaban J connectivity index is 1.60. The zero-order valence-corrected chi connectivity index (χ0v) is 18.5. The van der Waals surface area contributed by atoms with Crippen molar-refractivity contribution in [3.8, 4) is 0 Å². The van der Waals surface area contributed by atoms with Crippen LogP contribution in [0.15, 0.2) is 43.0 Å². The van der Waals surface area contributed by atoms with Crippen molar-refractivity contribution in [3.05, 3.63) is 65.5 Å². The third-order valence-electron chi connectivity index (χ3n) is 5.21. The molecule has 0 saturated carbocycles. The normalized spacial score (nSPS) is 15.8. The van der Waals surface area contributed by atoms with Crippen molar-refractivity contribution in [3.63, 3.8) is 0 Å². The first-order chi connectivity index (χ1) is 17.1. The second-order valence-corrected chi connectivity index (χ2v) is 7.80. The lowest BCUT2D eigenvalue weighted by molar-refractivity contribution is -0.141. The second kappa shape index (κ2) is 10.1. The Bertz CT molecular complexity index is 1290. The molecule has 3 aromatic heterocycles. The van der Waals surface area contributed by atoms with Crippen LogP contribution in [0.4, 0.5) is 24.5 Å². The Morgan fingerprint density at radius 2 is 1.83 bits per heavy atom. The highest BCUT2D eigenvalue weighted by Gasteiger charge is 2.32. The summed E-state index contributed by atoms with van der Waals surface area (Å²) in [6.45, 7) is 0.485.